The van der Waals surface area contributed by atoms with Gasteiger partial charge >= 0.3 is 6.18 Å². The van der Waals surface area contributed by atoms with E-state index in [0.29, 0.717) is 26.1 Å². The Morgan fingerprint density at radius 2 is 1.94 bits per heavy atom. The maximum Gasteiger partial charge on any atom is 0.416 e. The summed E-state index contributed by atoms with van der Waals surface area (Å²) in [7, 11) is 0. The number of halogens is 3. The lowest BCUT2D eigenvalue weighted by Crippen LogP contribution is -2.17. The number of hydrogen-bond acceptors (Lipinski definition) is 2. The molecular formula is C13H18F3NO. The lowest BCUT2D eigenvalue weighted by molar-refractivity contribution is -0.138. The minimum Gasteiger partial charge on any atom is -0.382 e. The summed E-state index contributed by atoms with van der Waals surface area (Å²) in [6.07, 6.45) is -3.22. The summed E-state index contributed by atoms with van der Waals surface area (Å²) in [5, 5.41) is 0. The minimum absolute atomic E-state index is 0.154. The highest BCUT2D eigenvalue weighted by Crippen LogP contribution is 2.34. The van der Waals surface area contributed by atoms with Crippen molar-refractivity contribution < 1.29 is 17.9 Å². The van der Waals surface area contributed by atoms with Crippen LogP contribution in [0.25, 0.3) is 0 Å². The Bertz CT molecular complexity index is 365. The molecule has 0 heterocycles. The van der Waals surface area contributed by atoms with Crippen LogP contribution >= 0.6 is 0 Å². The molecule has 1 rings (SSSR count). The van der Waals surface area contributed by atoms with Gasteiger partial charge < -0.3 is 10.5 Å². The Kier molecular flexibility index (Phi) is 5.62. The maximum atomic E-state index is 12.8. The van der Waals surface area contributed by atoms with Gasteiger partial charge in [0.1, 0.15) is 0 Å². The summed E-state index contributed by atoms with van der Waals surface area (Å²) in [5.74, 6) is 0. The molecule has 0 saturated heterocycles. The molecule has 0 bridgehead atoms. The maximum absolute atomic E-state index is 12.8. The van der Waals surface area contributed by atoms with E-state index in [2.05, 4.69) is 0 Å². The highest BCUT2D eigenvalue weighted by atomic mass is 19.4. The standard InChI is InChI=1S/C13H18F3NO/c1-2-18-9-5-8-12(17)10-6-3-4-7-11(10)13(14,15)16/h3-4,6-7,12H,2,5,8-9,17H2,1H3. The molecular weight excluding hydrogens is 243 g/mol. The van der Waals surface area contributed by atoms with Gasteiger partial charge in [-0.05, 0) is 31.4 Å². The van der Waals surface area contributed by atoms with Crippen molar-refractivity contribution in [2.45, 2.75) is 32.0 Å². The van der Waals surface area contributed by atoms with Gasteiger partial charge in [-0.2, -0.15) is 13.2 Å². The van der Waals surface area contributed by atoms with E-state index in [1.165, 1.54) is 12.1 Å². The van der Waals surface area contributed by atoms with Crippen LogP contribution in [0.15, 0.2) is 24.3 Å². The fraction of sp³-hybridized carbons (Fsp3) is 0.538. The van der Waals surface area contributed by atoms with Crippen molar-refractivity contribution >= 4 is 0 Å². The zero-order valence-electron chi connectivity index (χ0n) is 10.3. The van der Waals surface area contributed by atoms with Gasteiger partial charge in [0, 0.05) is 19.3 Å². The normalized spacial score (nSPS) is 13.6. The summed E-state index contributed by atoms with van der Waals surface area (Å²) in [6, 6.07) is 4.85. The molecule has 1 aromatic rings. The highest BCUT2D eigenvalue weighted by Gasteiger charge is 2.34. The number of hydrogen-bond donors (Lipinski definition) is 1. The van der Waals surface area contributed by atoms with E-state index in [1.807, 2.05) is 6.92 Å². The molecule has 18 heavy (non-hydrogen) atoms. The van der Waals surface area contributed by atoms with E-state index < -0.39 is 17.8 Å². The molecule has 0 amide bonds. The Labute approximate surface area is 105 Å². The van der Waals surface area contributed by atoms with Crippen molar-refractivity contribution in [2.24, 2.45) is 5.73 Å². The van der Waals surface area contributed by atoms with Crippen molar-refractivity contribution in [3.63, 3.8) is 0 Å². The fourth-order valence-electron chi connectivity index (χ4n) is 1.78. The number of ether oxygens (including phenoxy) is 1. The topological polar surface area (TPSA) is 35.2 Å². The Morgan fingerprint density at radius 3 is 2.56 bits per heavy atom. The third kappa shape index (κ3) is 4.31. The van der Waals surface area contributed by atoms with E-state index in [9.17, 15) is 13.2 Å². The van der Waals surface area contributed by atoms with Crippen LogP contribution < -0.4 is 5.73 Å². The lowest BCUT2D eigenvalue weighted by atomic mass is 9.97. The fourth-order valence-corrected chi connectivity index (χ4v) is 1.78. The van der Waals surface area contributed by atoms with Gasteiger partial charge in [0.15, 0.2) is 0 Å². The quantitative estimate of drug-likeness (QED) is 0.795. The molecule has 0 aromatic heterocycles. The van der Waals surface area contributed by atoms with Crippen molar-refractivity contribution in [3.8, 4) is 0 Å². The van der Waals surface area contributed by atoms with Gasteiger partial charge in [0.25, 0.3) is 0 Å². The van der Waals surface area contributed by atoms with Crippen LogP contribution in [0.3, 0.4) is 0 Å². The smallest absolute Gasteiger partial charge is 0.382 e. The second-order valence-electron chi connectivity index (χ2n) is 4.03. The van der Waals surface area contributed by atoms with Gasteiger partial charge in [0.2, 0.25) is 0 Å². The molecule has 0 aliphatic rings. The van der Waals surface area contributed by atoms with Gasteiger partial charge in [0.05, 0.1) is 5.56 Å². The predicted octanol–water partition coefficient (Wildman–Crippen LogP) is 3.52. The zero-order chi connectivity index (χ0) is 13.6. The van der Waals surface area contributed by atoms with Gasteiger partial charge in [-0.25, -0.2) is 0 Å². The Morgan fingerprint density at radius 1 is 1.28 bits per heavy atom. The second-order valence-corrected chi connectivity index (χ2v) is 4.03. The lowest BCUT2D eigenvalue weighted by Gasteiger charge is -2.18. The SMILES string of the molecule is CCOCCCC(N)c1ccccc1C(F)(F)F. The van der Waals surface area contributed by atoms with Gasteiger partial charge in [-0.15, -0.1) is 0 Å². The number of rotatable bonds is 6. The first kappa shape index (κ1) is 15.0. The molecule has 5 heteroatoms. The van der Waals surface area contributed by atoms with Crippen molar-refractivity contribution in [3.05, 3.63) is 35.4 Å². The molecule has 1 atom stereocenters. The van der Waals surface area contributed by atoms with Crippen molar-refractivity contribution in [1.29, 1.82) is 0 Å². The Hall–Kier alpha value is -1.07. The summed E-state index contributed by atoms with van der Waals surface area (Å²) >= 11 is 0. The average molecular weight is 261 g/mol. The third-order valence-electron chi connectivity index (χ3n) is 2.67. The van der Waals surface area contributed by atoms with E-state index in [0.717, 1.165) is 6.07 Å². The number of benzene rings is 1. The van der Waals surface area contributed by atoms with E-state index in [1.54, 1.807) is 6.07 Å². The first-order chi connectivity index (χ1) is 8.46. The molecule has 0 fully saturated rings. The van der Waals surface area contributed by atoms with Crippen LogP contribution in [0.2, 0.25) is 0 Å². The number of nitrogens with two attached hydrogens (primary N) is 1. The molecule has 1 unspecified atom stereocenters. The highest BCUT2D eigenvalue weighted by molar-refractivity contribution is 5.32. The summed E-state index contributed by atoms with van der Waals surface area (Å²) in [5.41, 5.74) is 5.33. The zero-order valence-corrected chi connectivity index (χ0v) is 10.3. The third-order valence-corrected chi connectivity index (χ3v) is 2.67. The van der Waals surface area contributed by atoms with Crippen LogP contribution in [0.4, 0.5) is 13.2 Å². The van der Waals surface area contributed by atoms with Crippen LogP contribution in [0.1, 0.15) is 36.9 Å². The molecule has 102 valence electrons. The molecule has 2 nitrogen and oxygen atoms in total. The van der Waals surface area contributed by atoms with Crippen LogP contribution in [-0.4, -0.2) is 13.2 Å². The minimum atomic E-state index is -4.35. The second kappa shape index (κ2) is 6.75. The van der Waals surface area contributed by atoms with Gasteiger partial charge in [-0.1, -0.05) is 18.2 Å². The summed E-state index contributed by atoms with van der Waals surface area (Å²) in [4.78, 5) is 0. The molecule has 0 radical (unpaired) electrons. The van der Waals surface area contributed by atoms with E-state index >= 15 is 0 Å². The number of alkyl halides is 3. The predicted molar refractivity (Wildman–Crippen MR) is 64.1 cm³/mol. The molecule has 0 aliphatic carbocycles. The summed E-state index contributed by atoms with van der Waals surface area (Å²) in [6.45, 7) is 3.01. The summed E-state index contributed by atoms with van der Waals surface area (Å²) < 4.78 is 43.5. The van der Waals surface area contributed by atoms with E-state index in [4.69, 9.17) is 10.5 Å². The molecule has 0 aliphatic heterocycles. The molecule has 0 spiro atoms. The van der Waals surface area contributed by atoms with Crippen LogP contribution in [0.5, 0.6) is 0 Å². The van der Waals surface area contributed by atoms with Crippen LogP contribution in [0, 0.1) is 0 Å². The van der Waals surface area contributed by atoms with Crippen LogP contribution in [-0.2, 0) is 10.9 Å². The molecule has 2 N–H and O–H groups in total. The largest absolute Gasteiger partial charge is 0.416 e. The average Bonchev–Trinajstić information content (AvgIpc) is 2.33. The molecule has 0 saturated carbocycles. The van der Waals surface area contributed by atoms with Crippen molar-refractivity contribution in [1.82, 2.24) is 0 Å². The first-order valence-electron chi connectivity index (χ1n) is 5.96. The van der Waals surface area contributed by atoms with Crippen molar-refractivity contribution in [2.75, 3.05) is 13.2 Å². The van der Waals surface area contributed by atoms with E-state index in [-0.39, 0.29) is 5.56 Å². The Balaban J connectivity index is 2.70. The van der Waals surface area contributed by atoms with Gasteiger partial charge in [-0.3, -0.25) is 0 Å². The monoisotopic (exact) mass is 261 g/mol. The first-order valence-corrected chi connectivity index (χ1v) is 5.96. The molecule has 1 aromatic carbocycles.